The van der Waals surface area contributed by atoms with Crippen LogP contribution in [-0.4, -0.2) is 30.7 Å². The molecule has 4 aromatic rings. The van der Waals surface area contributed by atoms with Crippen molar-refractivity contribution in [2.75, 3.05) is 20.3 Å². The summed E-state index contributed by atoms with van der Waals surface area (Å²) < 4.78 is 47.7. The van der Waals surface area contributed by atoms with Crippen LogP contribution in [0.3, 0.4) is 0 Å². The molecule has 0 aliphatic heterocycles. The Morgan fingerprint density at radius 3 is 2.50 bits per heavy atom. The molecule has 1 atom stereocenters. The number of benzene rings is 3. The smallest absolute Gasteiger partial charge is 0.383 e. The van der Waals surface area contributed by atoms with Gasteiger partial charge >= 0.3 is 6.18 Å². The minimum Gasteiger partial charge on any atom is -0.383 e. The van der Waals surface area contributed by atoms with E-state index >= 15 is 0 Å². The van der Waals surface area contributed by atoms with E-state index in [4.69, 9.17) is 4.74 Å². The predicted octanol–water partition coefficient (Wildman–Crippen LogP) is 6.30. The zero-order valence-electron chi connectivity index (χ0n) is 20.3. The van der Waals surface area contributed by atoms with Crippen LogP contribution in [0.15, 0.2) is 79.0 Å². The van der Waals surface area contributed by atoms with Crippen molar-refractivity contribution in [2.45, 2.75) is 32.0 Å². The zero-order valence-corrected chi connectivity index (χ0v) is 20.3. The average molecular weight is 495 g/mol. The lowest BCUT2D eigenvalue weighted by Gasteiger charge is -2.19. The summed E-state index contributed by atoms with van der Waals surface area (Å²) in [5, 5.41) is 3.72. The number of methoxy groups -OCH3 is 1. The van der Waals surface area contributed by atoms with Crippen molar-refractivity contribution in [1.82, 2.24) is 9.88 Å². The summed E-state index contributed by atoms with van der Waals surface area (Å²) in [5.41, 5.74) is 3.78. The number of hydrogen-bond acceptors (Lipinski definition) is 2. The summed E-state index contributed by atoms with van der Waals surface area (Å²) >= 11 is 0. The molecular formula is C29H29F3N2O2. The quantitative estimate of drug-likeness (QED) is 0.278. The van der Waals surface area contributed by atoms with E-state index in [2.05, 4.69) is 34.1 Å². The van der Waals surface area contributed by atoms with E-state index in [1.165, 1.54) is 11.6 Å². The molecule has 0 saturated carbocycles. The Kier molecular flexibility index (Phi) is 7.79. The Bertz CT molecular complexity index is 1330. The monoisotopic (exact) mass is 494 g/mol. The van der Waals surface area contributed by atoms with Crippen LogP contribution in [0.4, 0.5) is 13.2 Å². The van der Waals surface area contributed by atoms with Gasteiger partial charge in [-0.2, -0.15) is 13.2 Å². The van der Waals surface area contributed by atoms with Gasteiger partial charge in [0.25, 0.3) is 0 Å². The average Bonchev–Trinajstić information content (AvgIpc) is 3.22. The summed E-state index contributed by atoms with van der Waals surface area (Å²) in [5.74, 6) is -0.802. The minimum absolute atomic E-state index is 0.0174. The molecular weight excluding hydrogens is 465 g/mol. The largest absolute Gasteiger partial charge is 0.416 e. The highest BCUT2D eigenvalue weighted by atomic mass is 19.4. The number of carbonyl (C=O) groups excluding carboxylic acids is 1. The van der Waals surface area contributed by atoms with Crippen LogP contribution in [0.1, 0.15) is 40.2 Å². The number of rotatable bonds is 9. The number of carbonyl (C=O) groups is 1. The molecule has 0 fully saturated rings. The number of nitrogens with zero attached hydrogens (tertiary/aromatic N) is 1. The van der Waals surface area contributed by atoms with Crippen LogP contribution in [0.5, 0.6) is 0 Å². The van der Waals surface area contributed by atoms with Crippen LogP contribution in [0.2, 0.25) is 0 Å². The molecule has 3 aromatic carbocycles. The van der Waals surface area contributed by atoms with Gasteiger partial charge in [0, 0.05) is 49.6 Å². The number of halogens is 3. The third kappa shape index (κ3) is 5.97. The molecule has 1 heterocycles. The second kappa shape index (κ2) is 11.0. The predicted molar refractivity (Wildman–Crippen MR) is 135 cm³/mol. The third-order valence-electron chi connectivity index (χ3n) is 6.30. The van der Waals surface area contributed by atoms with Crippen molar-refractivity contribution >= 4 is 16.8 Å². The molecule has 7 heteroatoms. The second-order valence-corrected chi connectivity index (χ2v) is 8.94. The van der Waals surface area contributed by atoms with Crippen LogP contribution in [-0.2, 0) is 22.3 Å². The van der Waals surface area contributed by atoms with Gasteiger partial charge in [-0.15, -0.1) is 0 Å². The van der Waals surface area contributed by atoms with E-state index in [0.29, 0.717) is 25.3 Å². The van der Waals surface area contributed by atoms with E-state index in [1.54, 1.807) is 13.2 Å². The molecule has 0 bridgehead atoms. The summed E-state index contributed by atoms with van der Waals surface area (Å²) in [7, 11) is 1.54. The van der Waals surface area contributed by atoms with Gasteiger partial charge in [-0.3, -0.25) is 4.79 Å². The Morgan fingerprint density at radius 2 is 1.78 bits per heavy atom. The molecule has 4 nitrogen and oxygen atoms in total. The van der Waals surface area contributed by atoms with Gasteiger partial charge in [0.15, 0.2) is 0 Å². The van der Waals surface area contributed by atoms with Gasteiger partial charge in [-0.05, 0) is 35.7 Å². The maximum atomic E-state index is 13.5. The molecule has 1 aromatic heterocycles. The van der Waals surface area contributed by atoms with Crippen molar-refractivity contribution in [3.05, 3.63) is 107 Å². The van der Waals surface area contributed by atoms with E-state index in [9.17, 15) is 18.0 Å². The van der Waals surface area contributed by atoms with Crippen molar-refractivity contribution in [3.63, 3.8) is 0 Å². The number of alkyl halides is 3. The molecule has 0 spiro atoms. The van der Waals surface area contributed by atoms with E-state index in [0.717, 1.165) is 34.2 Å². The molecule has 0 radical (unpaired) electrons. The normalized spacial score (nSPS) is 12.6. The molecule has 1 unspecified atom stereocenters. The standard InChI is InChI=1S/C29H29F3N2O2/c1-20-10-12-21(13-11-20)18-34-19-26(24-8-3-4-9-27(24)34)25(17-28(35)33-14-15-36-2)22-6-5-7-23(16-22)29(30,31)32/h3-13,16,19,25H,14-15,17-18H2,1-2H3,(H,33,35). The second-order valence-electron chi connectivity index (χ2n) is 8.94. The van der Waals surface area contributed by atoms with Gasteiger partial charge in [0.2, 0.25) is 5.91 Å². The molecule has 0 aliphatic carbocycles. The van der Waals surface area contributed by atoms with E-state index < -0.39 is 17.7 Å². The number of aromatic nitrogens is 1. The van der Waals surface area contributed by atoms with Crippen molar-refractivity contribution < 1.29 is 22.7 Å². The third-order valence-corrected chi connectivity index (χ3v) is 6.30. The van der Waals surface area contributed by atoms with E-state index in [-0.39, 0.29) is 12.3 Å². The van der Waals surface area contributed by atoms with Gasteiger partial charge in [0.05, 0.1) is 12.2 Å². The fourth-order valence-corrected chi connectivity index (χ4v) is 4.46. The zero-order chi connectivity index (χ0) is 25.7. The molecule has 0 aliphatic rings. The number of nitrogens with one attached hydrogen (secondary N) is 1. The van der Waals surface area contributed by atoms with Crippen LogP contribution in [0, 0.1) is 6.92 Å². The van der Waals surface area contributed by atoms with Crippen molar-refractivity contribution in [3.8, 4) is 0 Å². The number of amides is 1. The fourth-order valence-electron chi connectivity index (χ4n) is 4.46. The van der Waals surface area contributed by atoms with E-state index in [1.807, 2.05) is 37.4 Å². The number of para-hydroxylation sites is 1. The molecule has 188 valence electrons. The van der Waals surface area contributed by atoms with Crippen molar-refractivity contribution in [2.24, 2.45) is 0 Å². The van der Waals surface area contributed by atoms with Crippen LogP contribution >= 0.6 is 0 Å². The summed E-state index contributed by atoms with van der Waals surface area (Å²) in [6.07, 6.45) is -2.48. The maximum Gasteiger partial charge on any atom is 0.416 e. The summed E-state index contributed by atoms with van der Waals surface area (Å²) in [6, 6.07) is 21.3. The topological polar surface area (TPSA) is 43.3 Å². The summed E-state index contributed by atoms with van der Waals surface area (Å²) in [6.45, 7) is 3.33. The highest BCUT2D eigenvalue weighted by Gasteiger charge is 2.32. The van der Waals surface area contributed by atoms with Gasteiger partial charge in [-0.25, -0.2) is 0 Å². The van der Waals surface area contributed by atoms with Gasteiger partial charge < -0.3 is 14.6 Å². The number of ether oxygens (including phenoxy) is 1. The van der Waals surface area contributed by atoms with Gasteiger partial charge in [-0.1, -0.05) is 66.2 Å². The molecule has 36 heavy (non-hydrogen) atoms. The molecule has 0 saturated heterocycles. The minimum atomic E-state index is -4.47. The first-order valence-corrected chi connectivity index (χ1v) is 11.8. The van der Waals surface area contributed by atoms with Gasteiger partial charge in [0.1, 0.15) is 0 Å². The fraction of sp³-hybridized carbons (Fsp3) is 0.276. The van der Waals surface area contributed by atoms with Crippen LogP contribution < -0.4 is 5.32 Å². The first-order chi connectivity index (χ1) is 17.3. The molecule has 1 amide bonds. The Morgan fingerprint density at radius 1 is 1.03 bits per heavy atom. The highest BCUT2D eigenvalue weighted by molar-refractivity contribution is 5.86. The lowest BCUT2D eigenvalue weighted by atomic mass is 9.87. The first kappa shape index (κ1) is 25.5. The number of fused-ring (bicyclic) bond motifs is 1. The van der Waals surface area contributed by atoms with Crippen molar-refractivity contribution in [1.29, 1.82) is 0 Å². The highest BCUT2D eigenvalue weighted by Crippen LogP contribution is 2.38. The SMILES string of the molecule is COCCNC(=O)CC(c1cccc(C(F)(F)F)c1)c1cn(Cc2ccc(C)cc2)c2ccccc12. The Labute approximate surface area is 208 Å². The summed E-state index contributed by atoms with van der Waals surface area (Å²) in [4.78, 5) is 12.8. The van der Waals surface area contributed by atoms with Crippen LogP contribution in [0.25, 0.3) is 10.9 Å². The Hall–Kier alpha value is -3.58. The lowest BCUT2D eigenvalue weighted by Crippen LogP contribution is -2.28. The first-order valence-electron chi connectivity index (χ1n) is 11.8. The lowest BCUT2D eigenvalue weighted by molar-refractivity contribution is -0.137. The maximum absolute atomic E-state index is 13.5. The number of hydrogen-bond donors (Lipinski definition) is 1. The molecule has 1 N–H and O–H groups in total. The molecule has 4 rings (SSSR count). The number of aryl methyl sites for hydroxylation is 1. The Balaban J connectivity index is 1.78.